The fourth-order valence-electron chi connectivity index (χ4n) is 2.70. The third-order valence-corrected chi connectivity index (χ3v) is 3.77. The largest absolute Gasteiger partial charge is 0.325 e. The molecule has 1 aliphatic rings. The minimum atomic E-state index is 0.0453. The molecule has 1 N–H and O–H groups in total. The van der Waals surface area contributed by atoms with E-state index < -0.39 is 0 Å². The fraction of sp³-hybridized carbons (Fsp3) is 0.438. The van der Waals surface area contributed by atoms with Gasteiger partial charge < -0.3 is 5.32 Å². The number of pyridine rings is 1. The second-order valence-corrected chi connectivity index (χ2v) is 5.84. The molecule has 0 saturated carbocycles. The van der Waals surface area contributed by atoms with Crippen molar-refractivity contribution in [1.82, 2.24) is 14.8 Å². The Bertz CT molecular complexity index is 687. The Labute approximate surface area is 124 Å². The Hall–Kier alpha value is -2.17. The Morgan fingerprint density at radius 2 is 2.33 bits per heavy atom. The van der Waals surface area contributed by atoms with E-state index in [1.807, 2.05) is 10.7 Å². The van der Waals surface area contributed by atoms with Crippen LogP contribution in [-0.4, -0.2) is 20.7 Å². The predicted molar refractivity (Wildman–Crippen MR) is 83.0 cm³/mol. The molecule has 0 bridgehead atoms. The van der Waals surface area contributed by atoms with E-state index in [9.17, 15) is 4.79 Å². The van der Waals surface area contributed by atoms with Crippen LogP contribution in [0, 0.1) is 5.92 Å². The number of anilines is 1. The quantitative estimate of drug-likeness (QED) is 0.876. The summed E-state index contributed by atoms with van der Waals surface area (Å²) in [5.41, 5.74) is 1.58. The number of hydrogen-bond acceptors (Lipinski definition) is 3. The summed E-state index contributed by atoms with van der Waals surface area (Å²) in [7, 11) is 0. The first kappa shape index (κ1) is 13.8. The van der Waals surface area contributed by atoms with Gasteiger partial charge in [-0.15, -0.1) is 0 Å². The maximum Gasteiger partial charge on any atom is 0.225 e. The monoisotopic (exact) mass is 284 g/mol. The van der Waals surface area contributed by atoms with Gasteiger partial charge in [-0.25, -0.2) is 9.67 Å². The standard InChI is InChI=1S/C16H20N4O/c1-11(2)20-16-13(9-18-20)8-14(10-17-16)19-15(21)7-12-5-3-4-6-12/h3,5,8-12H,4,6-7H2,1-2H3,(H,19,21)/t12-/m0/s1. The zero-order chi connectivity index (χ0) is 14.8. The molecule has 0 fully saturated rings. The van der Waals surface area contributed by atoms with Crippen molar-refractivity contribution in [2.75, 3.05) is 5.32 Å². The van der Waals surface area contributed by atoms with Gasteiger partial charge in [-0.3, -0.25) is 4.79 Å². The van der Waals surface area contributed by atoms with Gasteiger partial charge in [-0.1, -0.05) is 12.2 Å². The van der Waals surface area contributed by atoms with Crippen molar-refractivity contribution in [3.8, 4) is 0 Å². The molecule has 1 aliphatic carbocycles. The summed E-state index contributed by atoms with van der Waals surface area (Å²) < 4.78 is 1.88. The van der Waals surface area contributed by atoms with E-state index in [2.05, 4.69) is 41.4 Å². The number of amides is 1. The number of rotatable bonds is 4. The van der Waals surface area contributed by atoms with Gasteiger partial charge in [0, 0.05) is 17.8 Å². The number of nitrogens with zero attached hydrogens (tertiary/aromatic N) is 3. The van der Waals surface area contributed by atoms with E-state index in [1.54, 1.807) is 12.4 Å². The van der Waals surface area contributed by atoms with Crippen LogP contribution in [0.15, 0.2) is 30.6 Å². The minimum absolute atomic E-state index is 0.0453. The van der Waals surface area contributed by atoms with Gasteiger partial charge >= 0.3 is 0 Å². The van der Waals surface area contributed by atoms with E-state index in [-0.39, 0.29) is 11.9 Å². The molecule has 110 valence electrons. The van der Waals surface area contributed by atoms with Crippen LogP contribution < -0.4 is 5.32 Å². The van der Waals surface area contributed by atoms with Crippen LogP contribution >= 0.6 is 0 Å². The first-order valence-corrected chi connectivity index (χ1v) is 7.43. The Kier molecular flexibility index (Phi) is 3.73. The molecule has 2 heterocycles. The molecule has 0 aromatic carbocycles. The van der Waals surface area contributed by atoms with Crippen LogP contribution in [0.2, 0.25) is 0 Å². The number of fused-ring (bicyclic) bond motifs is 1. The molecular weight excluding hydrogens is 264 g/mol. The highest BCUT2D eigenvalue weighted by molar-refractivity contribution is 5.92. The lowest BCUT2D eigenvalue weighted by Crippen LogP contribution is -2.15. The third kappa shape index (κ3) is 2.96. The van der Waals surface area contributed by atoms with Gasteiger partial charge in [0.25, 0.3) is 0 Å². The van der Waals surface area contributed by atoms with Crippen LogP contribution in [-0.2, 0) is 4.79 Å². The molecule has 0 unspecified atom stereocenters. The summed E-state index contributed by atoms with van der Waals surface area (Å²) in [6, 6.07) is 2.20. The highest BCUT2D eigenvalue weighted by Gasteiger charge is 2.15. The molecule has 1 atom stereocenters. The van der Waals surface area contributed by atoms with Crippen molar-refractivity contribution >= 4 is 22.6 Å². The number of carbonyl (C=O) groups is 1. The zero-order valence-corrected chi connectivity index (χ0v) is 12.4. The van der Waals surface area contributed by atoms with E-state index in [1.165, 1.54) is 0 Å². The molecular formula is C16H20N4O. The minimum Gasteiger partial charge on any atom is -0.325 e. The second kappa shape index (κ2) is 5.68. The second-order valence-electron chi connectivity index (χ2n) is 5.84. The highest BCUT2D eigenvalue weighted by Crippen LogP contribution is 2.22. The molecule has 5 nitrogen and oxygen atoms in total. The lowest BCUT2D eigenvalue weighted by molar-refractivity contribution is -0.116. The van der Waals surface area contributed by atoms with Gasteiger partial charge in [0.15, 0.2) is 5.65 Å². The van der Waals surface area contributed by atoms with Crippen LogP contribution in [0.1, 0.15) is 39.2 Å². The van der Waals surface area contributed by atoms with E-state index >= 15 is 0 Å². The van der Waals surface area contributed by atoms with Crippen LogP contribution in [0.25, 0.3) is 11.0 Å². The predicted octanol–water partition coefficient (Wildman–Crippen LogP) is 3.31. The average Bonchev–Trinajstić information content (AvgIpc) is 3.06. The maximum atomic E-state index is 12.0. The van der Waals surface area contributed by atoms with Gasteiger partial charge in [-0.2, -0.15) is 5.10 Å². The van der Waals surface area contributed by atoms with E-state index in [4.69, 9.17) is 0 Å². The summed E-state index contributed by atoms with van der Waals surface area (Å²) in [5, 5.41) is 8.20. The lowest BCUT2D eigenvalue weighted by Gasteiger charge is -2.09. The average molecular weight is 284 g/mol. The molecule has 0 radical (unpaired) electrons. The van der Waals surface area contributed by atoms with Crippen molar-refractivity contribution in [3.63, 3.8) is 0 Å². The summed E-state index contributed by atoms with van der Waals surface area (Å²) in [4.78, 5) is 16.4. The Morgan fingerprint density at radius 3 is 3.05 bits per heavy atom. The zero-order valence-electron chi connectivity index (χ0n) is 12.4. The van der Waals surface area contributed by atoms with Crippen LogP contribution in [0.3, 0.4) is 0 Å². The van der Waals surface area contributed by atoms with E-state index in [0.717, 1.165) is 29.6 Å². The summed E-state index contributed by atoms with van der Waals surface area (Å²) >= 11 is 0. The molecule has 5 heteroatoms. The fourth-order valence-corrected chi connectivity index (χ4v) is 2.70. The van der Waals surface area contributed by atoms with Crippen LogP contribution in [0.4, 0.5) is 5.69 Å². The van der Waals surface area contributed by atoms with Crippen molar-refractivity contribution in [3.05, 3.63) is 30.6 Å². The molecule has 0 saturated heterocycles. The molecule has 2 aromatic heterocycles. The number of carbonyl (C=O) groups excluding carboxylic acids is 1. The lowest BCUT2D eigenvalue weighted by atomic mass is 10.1. The van der Waals surface area contributed by atoms with Crippen molar-refractivity contribution < 1.29 is 4.79 Å². The normalized spacial score (nSPS) is 17.8. The first-order valence-electron chi connectivity index (χ1n) is 7.43. The molecule has 21 heavy (non-hydrogen) atoms. The van der Waals surface area contributed by atoms with Gasteiger partial charge in [0.05, 0.1) is 18.1 Å². The third-order valence-electron chi connectivity index (χ3n) is 3.77. The van der Waals surface area contributed by atoms with Gasteiger partial charge in [0.2, 0.25) is 5.91 Å². The van der Waals surface area contributed by atoms with E-state index in [0.29, 0.717) is 12.3 Å². The SMILES string of the molecule is CC(C)n1ncc2cc(NC(=O)C[C@H]3C=CCC3)cnc21. The molecule has 1 amide bonds. The van der Waals surface area contributed by atoms with Gasteiger partial charge in [-0.05, 0) is 38.7 Å². The number of hydrogen-bond donors (Lipinski definition) is 1. The summed E-state index contributed by atoms with van der Waals surface area (Å²) in [6.45, 7) is 4.14. The smallest absolute Gasteiger partial charge is 0.225 e. The van der Waals surface area contributed by atoms with Crippen molar-refractivity contribution in [2.24, 2.45) is 5.92 Å². The highest BCUT2D eigenvalue weighted by atomic mass is 16.1. The van der Waals surface area contributed by atoms with Crippen molar-refractivity contribution in [1.29, 1.82) is 0 Å². The number of nitrogens with one attached hydrogen (secondary N) is 1. The van der Waals surface area contributed by atoms with Gasteiger partial charge in [0.1, 0.15) is 0 Å². The molecule has 3 rings (SSSR count). The summed E-state index contributed by atoms with van der Waals surface area (Å²) in [5.74, 6) is 0.425. The van der Waals surface area contributed by atoms with Crippen LogP contribution in [0.5, 0.6) is 0 Å². The van der Waals surface area contributed by atoms with Crippen molar-refractivity contribution in [2.45, 2.75) is 39.2 Å². The Morgan fingerprint density at radius 1 is 1.48 bits per heavy atom. The Balaban J connectivity index is 1.72. The number of aromatic nitrogens is 3. The molecule has 2 aromatic rings. The molecule has 0 aliphatic heterocycles. The maximum absolute atomic E-state index is 12.0. The first-order chi connectivity index (χ1) is 10.1. The molecule has 0 spiro atoms. The summed E-state index contributed by atoms with van der Waals surface area (Å²) in [6.07, 6.45) is 10.5. The topological polar surface area (TPSA) is 59.8 Å². The number of allylic oxidation sites excluding steroid dienone is 2.